The van der Waals surface area contributed by atoms with Crippen LogP contribution >= 0.6 is 11.6 Å². The molecule has 0 fully saturated rings. The predicted molar refractivity (Wildman–Crippen MR) is 85.0 cm³/mol. The molecule has 4 heteroatoms. The molecule has 0 aliphatic rings. The van der Waals surface area contributed by atoms with Crippen molar-refractivity contribution in [2.45, 2.75) is 45.7 Å². The van der Waals surface area contributed by atoms with E-state index < -0.39 is 0 Å². The van der Waals surface area contributed by atoms with Crippen LogP contribution < -0.4 is 5.32 Å². The second-order valence-corrected chi connectivity index (χ2v) is 6.54. The number of carbonyl (C=O) groups is 1. The van der Waals surface area contributed by atoms with E-state index in [1.807, 2.05) is 38.2 Å². The maximum absolute atomic E-state index is 12.2. The fourth-order valence-corrected chi connectivity index (χ4v) is 2.25. The van der Waals surface area contributed by atoms with Gasteiger partial charge in [0.05, 0.1) is 6.04 Å². The SMILES string of the molecule is CC(c1ccccc1Cl)N(C)C(=O)CCNC(C)(C)C. The van der Waals surface area contributed by atoms with Gasteiger partial charge in [0, 0.05) is 30.6 Å². The molecular formula is C16H25ClN2O. The summed E-state index contributed by atoms with van der Waals surface area (Å²) >= 11 is 6.18. The Morgan fingerprint density at radius 1 is 1.35 bits per heavy atom. The Hall–Kier alpha value is -1.06. The quantitative estimate of drug-likeness (QED) is 0.900. The van der Waals surface area contributed by atoms with Crippen LogP contribution in [0, 0.1) is 0 Å². The third kappa shape index (κ3) is 5.14. The third-order valence-corrected chi connectivity index (χ3v) is 3.67. The highest BCUT2D eigenvalue weighted by atomic mass is 35.5. The first-order chi connectivity index (χ1) is 9.22. The minimum absolute atomic E-state index is 0.0224. The molecule has 1 rings (SSSR count). The van der Waals surface area contributed by atoms with Crippen molar-refractivity contribution in [2.24, 2.45) is 0 Å². The smallest absolute Gasteiger partial charge is 0.224 e. The highest BCUT2D eigenvalue weighted by Crippen LogP contribution is 2.26. The molecule has 0 radical (unpaired) electrons. The molecule has 1 aromatic carbocycles. The minimum atomic E-state index is -0.0224. The first-order valence-electron chi connectivity index (χ1n) is 6.97. The second kappa shape index (κ2) is 7.09. The maximum Gasteiger partial charge on any atom is 0.224 e. The fourth-order valence-electron chi connectivity index (χ4n) is 1.96. The number of nitrogens with one attached hydrogen (secondary N) is 1. The van der Waals surface area contributed by atoms with Crippen LogP contribution in [-0.4, -0.2) is 29.9 Å². The lowest BCUT2D eigenvalue weighted by atomic mass is 10.1. The standard InChI is InChI=1S/C16H25ClN2O/c1-12(13-8-6-7-9-14(13)17)19(5)15(20)10-11-18-16(2,3)4/h6-9,12,18H,10-11H2,1-5H3. The van der Waals surface area contributed by atoms with Crippen LogP contribution in [0.4, 0.5) is 0 Å². The summed E-state index contributed by atoms with van der Waals surface area (Å²) < 4.78 is 0. The summed E-state index contributed by atoms with van der Waals surface area (Å²) in [5, 5.41) is 4.03. The number of rotatable bonds is 5. The third-order valence-electron chi connectivity index (χ3n) is 3.32. The molecule has 0 aliphatic heterocycles. The molecule has 3 nitrogen and oxygen atoms in total. The van der Waals surface area contributed by atoms with Gasteiger partial charge in [-0.2, -0.15) is 0 Å². The van der Waals surface area contributed by atoms with Crippen molar-refractivity contribution in [1.82, 2.24) is 10.2 Å². The molecule has 1 N–H and O–H groups in total. The van der Waals surface area contributed by atoms with Crippen molar-refractivity contribution < 1.29 is 4.79 Å². The molecule has 0 heterocycles. The maximum atomic E-state index is 12.2. The first kappa shape index (κ1) is 17.0. The molecular weight excluding hydrogens is 272 g/mol. The molecule has 0 aromatic heterocycles. The molecule has 1 unspecified atom stereocenters. The Bertz CT molecular complexity index is 454. The molecule has 0 saturated heterocycles. The van der Waals surface area contributed by atoms with Gasteiger partial charge in [-0.3, -0.25) is 4.79 Å². The molecule has 1 aromatic rings. The minimum Gasteiger partial charge on any atom is -0.339 e. The Morgan fingerprint density at radius 3 is 2.50 bits per heavy atom. The van der Waals surface area contributed by atoms with E-state index in [2.05, 4.69) is 26.1 Å². The van der Waals surface area contributed by atoms with E-state index in [9.17, 15) is 4.79 Å². The number of nitrogens with zero attached hydrogens (tertiary/aromatic N) is 1. The summed E-state index contributed by atoms with van der Waals surface area (Å²) in [7, 11) is 1.83. The summed E-state index contributed by atoms with van der Waals surface area (Å²) in [5.41, 5.74) is 1.02. The zero-order chi connectivity index (χ0) is 15.3. The van der Waals surface area contributed by atoms with Gasteiger partial charge in [-0.05, 0) is 39.3 Å². The zero-order valence-corrected chi connectivity index (χ0v) is 13.8. The van der Waals surface area contributed by atoms with Crippen LogP contribution in [0.1, 0.15) is 45.7 Å². The van der Waals surface area contributed by atoms with Gasteiger partial charge in [0.15, 0.2) is 0 Å². The van der Waals surface area contributed by atoms with Gasteiger partial charge in [-0.15, -0.1) is 0 Å². The van der Waals surface area contributed by atoms with E-state index in [0.717, 1.165) is 5.56 Å². The van der Waals surface area contributed by atoms with Crippen LogP contribution in [0.5, 0.6) is 0 Å². The molecule has 0 saturated carbocycles. The molecule has 1 amide bonds. The van der Waals surface area contributed by atoms with Crippen molar-refractivity contribution in [1.29, 1.82) is 0 Å². The molecule has 0 bridgehead atoms. The zero-order valence-electron chi connectivity index (χ0n) is 13.0. The highest BCUT2D eigenvalue weighted by molar-refractivity contribution is 6.31. The van der Waals surface area contributed by atoms with Crippen molar-refractivity contribution in [3.8, 4) is 0 Å². The average molecular weight is 297 g/mol. The highest BCUT2D eigenvalue weighted by Gasteiger charge is 2.19. The number of hydrogen-bond acceptors (Lipinski definition) is 2. The van der Waals surface area contributed by atoms with E-state index in [-0.39, 0.29) is 17.5 Å². The normalized spacial score (nSPS) is 13.1. The molecule has 0 spiro atoms. The van der Waals surface area contributed by atoms with Gasteiger partial charge in [0.2, 0.25) is 5.91 Å². The number of benzene rings is 1. The fraction of sp³-hybridized carbons (Fsp3) is 0.562. The molecule has 0 aliphatic carbocycles. The summed E-state index contributed by atoms with van der Waals surface area (Å²) in [6.45, 7) is 8.95. The summed E-state index contributed by atoms with van der Waals surface area (Å²) in [6, 6.07) is 7.63. The Labute approximate surface area is 127 Å². The van der Waals surface area contributed by atoms with Gasteiger partial charge < -0.3 is 10.2 Å². The number of halogens is 1. The van der Waals surface area contributed by atoms with Crippen molar-refractivity contribution in [3.05, 3.63) is 34.9 Å². The lowest BCUT2D eigenvalue weighted by Crippen LogP contribution is -2.39. The van der Waals surface area contributed by atoms with E-state index in [0.29, 0.717) is 18.0 Å². The number of carbonyl (C=O) groups excluding carboxylic acids is 1. The second-order valence-electron chi connectivity index (χ2n) is 6.13. The van der Waals surface area contributed by atoms with Crippen molar-refractivity contribution in [3.63, 3.8) is 0 Å². The van der Waals surface area contributed by atoms with E-state index in [4.69, 9.17) is 11.6 Å². The number of hydrogen-bond donors (Lipinski definition) is 1. The first-order valence-corrected chi connectivity index (χ1v) is 7.35. The van der Waals surface area contributed by atoms with Crippen LogP contribution in [0.15, 0.2) is 24.3 Å². The number of amides is 1. The van der Waals surface area contributed by atoms with Crippen molar-refractivity contribution in [2.75, 3.05) is 13.6 Å². The van der Waals surface area contributed by atoms with E-state index >= 15 is 0 Å². The van der Waals surface area contributed by atoms with E-state index in [1.54, 1.807) is 4.90 Å². The lowest BCUT2D eigenvalue weighted by Gasteiger charge is -2.27. The van der Waals surface area contributed by atoms with Crippen LogP contribution in [0.2, 0.25) is 5.02 Å². The molecule has 112 valence electrons. The molecule has 1 atom stereocenters. The lowest BCUT2D eigenvalue weighted by molar-refractivity contribution is -0.131. The summed E-state index contributed by atoms with van der Waals surface area (Å²) in [4.78, 5) is 14.0. The van der Waals surface area contributed by atoms with Gasteiger partial charge in [-0.1, -0.05) is 29.8 Å². The van der Waals surface area contributed by atoms with Crippen LogP contribution in [-0.2, 0) is 4.79 Å². The van der Waals surface area contributed by atoms with E-state index in [1.165, 1.54) is 0 Å². The van der Waals surface area contributed by atoms with Gasteiger partial charge in [-0.25, -0.2) is 0 Å². The predicted octanol–water partition coefficient (Wildman–Crippen LogP) is 3.64. The summed E-state index contributed by atoms with van der Waals surface area (Å²) in [6.07, 6.45) is 0.489. The monoisotopic (exact) mass is 296 g/mol. The Balaban J connectivity index is 2.59. The summed E-state index contributed by atoms with van der Waals surface area (Å²) in [5.74, 6) is 0.120. The van der Waals surface area contributed by atoms with Gasteiger partial charge in [0.1, 0.15) is 0 Å². The Kier molecular flexibility index (Phi) is 6.03. The van der Waals surface area contributed by atoms with Gasteiger partial charge >= 0.3 is 0 Å². The Morgan fingerprint density at radius 2 is 1.95 bits per heavy atom. The van der Waals surface area contributed by atoms with Gasteiger partial charge in [0.25, 0.3) is 0 Å². The average Bonchev–Trinajstić information content (AvgIpc) is 2.36. The molecule has 20 heavy (non-hydrogen) atoms. The van der Waals surface area contributed by atoms with Crippen molar-refractivity contribution >= 4 is 17.5 Å². The van der Waals surface area contributed by atoms with Crippen LogP contribution in [0.25, 0.3) is 0 Å². The largest absolute Gasteiger partial charge is 0.339 e. The topological polar surface area (TPSA) is 32.3 Å². The van der Waals surface area contributed by atoms with Crippen LogP contribution in [0.3, 0.4) is 0 Å².